The van der Waals surface area contributed by atoms with Gasteiger partial charge >= 0.3 is 0 Å². The van der Waals surface area contributed by atoms with Crippen molar-refractivity contribution in [3.8, 4) is 0 Å². The van der Waals surface area contributed by atoms with Gasteiger partial charge in [-0.15, -0.1) is 0 Å². The first-order valence-corrected chi connectivity index (χ1v) is 5.23. The summed E-state index contributed by atoms with van der Waals surface area (Å²) < 4.78 is 5.30. The molecule has 0 unspecified atom stereocenters. The van der Waals surface area contributed by atoms with Crippen LogP contribution in [0.25, 0.3) is 0 Å². The molecule has 1 aliphatic carbocycles. The fourth-order valence-electron chi connectivity index (χ4n) is 1.27. The largest absolute Gasteiger partial charge is 0.394 e. The van der Waals surface area contributed by atoms with E-state index < -0.39 is 0 Å². The maximum Gasteiger partial charge on any atom is 0.0701 e. The molecule has 1 rings (SSSR count). The van der Waals surface area contributed by atoms with E-state index in [2.05, 4.69) is 5.73 Å². The first kappa shape index (κ1) is 15.4. The van der Waals surface area contributed by atoms with Crippen LogP contribution in [0.2, 0.25) is 0 Å². The maximum absolute atomic E-state index is 8.40. The normalized spacial score (nSPS) is 15.5. The van der Waals surface area contributed by atoms with Crippen molar-refractivity contribution < 1.29 is 9.84 Å². The maximum atomic E-state index is 8.40. The highest BCUT2D eigenvalue weighted by Crippen LogP contribution is 2.20. The molecule has 82 valence electrons. The summed E-state index contributed by atoms with van der Waals surface area (Å²) in [5.41, 5.74) is 4.50. The molecule has 0 amide bonds. The summed E-state index contributed by atoms with van der Waals surface area (Å²) >= 11 is 0. The van der Waals surface area contributed by atoms with Crippen LogP contribution in [0.5, 0.6) is 0 Å². The minimum Gasteiger partial charge on any atom is -0.394 e. The Morgan fingerprint density at radius 1 is 1.23 bits per heavy atom. The summed E-state index contributed by atoms with van der Waals surface area (Å²) in [5.74, 6) is 0. The molecule has 0 radical (unpaired) electrons. The third kappa shape index (κ3) is 9.80. The van der Waals surface area contributed by atoms with Gasteiger partial charge in [-0.2, -0.15) is 0 Å². The van der Waals surface area contributed by atoms with E-state index in [-0.39, 0.29) is 6.61 Å². The van der Waals surface area contributed by atoms with Crippen molar-refractivity contribution in [2.24, 2.45) is 5.73 Å². The molecule has 0 aromatic heterocycles. The molecule has 3 heteroatoms. The predicted octanol–water partition coefficient (Wildman–Crippen LogP) is 1.54. The van der Waals surface area contributed by atoms with Crippen molar-refractivity contribution in [2.45, 2.75) is 45.6 Å². The molecule has 0 aromatic carbocycles. The number of aliphatic hydroxyl groups is 1. The molecule has 0 spiro atoms. The van der Waals surface area contributed by atoms with Crippen LogP contribution < -0.4 is 5.73 Å². The number of hydrogen-bond acceptors (Lipinski definition) is 3. The highest BCUT2D eigenvalue weighted by molar-refractivity contribution is 4.66. The Balaban J connectivity index is 0. The summed E-state index contributed by atoms with van der Waals surface area (Å²) in [6.45, 7) is 4.68. The SMILES string of the molecule is CC.CN.OCCOC1CCCC1. The second-order valence-electron chi connectivity index (χ2n) is 2.50. The fraction of sp³-hybridized carbons (Fsp3) is 1.00. The Labute approximate surface area is 82.3 Å². The first-order chi connectivity index (χ1) is 6.43. The molecule has 3 nitrogen and oxygen atoms in total. The van der Waals surface area contributed by atoms with Gasteiger partial charge in [0.1, 0.15) is 0 Å². The predicted molar refractivity (Wildman–Crippen MR) is 56.8 cm³/mol. The smallest absolute Gasteiger partial charge is 0.0701 e. The standard InChI is InChI=1S/C7H14O2.C2H6.CH5N/c8-5-6-9-7-3-1-2-4-7;2*1-2/h7-8H,1-6H2;1-2H3;2H2,1H3. The molecule has 0 bridgehead atoms. The molecule has 3 N–H and O–H groups in total. The van der Waals surface area contributed by atoms with Crippen LogP contribution in [0, 0.1) is 0 Å². The van der Waals surface area contributed by atoms with Gasteiger partial charge < -0.3 is 15.6 Å². The van der Waals surface area contributed by atoms with E-state index in [0.717, 1.165) is 0 Å². The molecular weight excluding hydrogens is 166 g/mol. The van der Waals surface area contributed by atoms with Crippen molar-refractivity contribution in [3.05, 3.63) is 0 Å². The second kappa shape index (κ2) is 14.4. The summed E-state index contributed by atoms with van der Waals surface area (Å²) in [5, 5.41) is 8.40. The zero-order valence-electron chi connectivity index (χ0n) is 9.25. The lowest BCUT2D eigenvalue weighted by molar-refractivity contribution is 0.0331. The van der Waals surface area contributed by atoms with Crippen LogP contribution in [-0.2, 0) is 4.74 Å². The molecule has 0 atom stereocenters. The van der Waals surface area contributed by atoms with Crippen molar-refractivity contribution in [1.29, 1.82) is 0 Å². The van der Waals surface area contributed by atoms with Crippen molar-refractivity contribution in [3.63, 3.8) is 0 Å². The van der Waals surface area contributed by atoms with Gasteiger partial charge in [-0.25, -0.2) is 0 Å². The number of nitrogens with two attached hydrogens (primary N) is 1. The van der Waals surface area contributed by atoms with Gasteiger partial charge in [0.15, 0.2) is 0 Å². The van der Waals surface area contributed by atoms with Gasteiger partial charge in [-0.05, 0) is 19.9 Å². The van der Waals surface area contributed by atoms with E-state index in [1.54, 1.807) is 0 Å². The quantitative estimate of drug-likeness (QED) is 0.711. The van der Waals surface area contributed by atoms with E-state index in [0.29, 0.717) is 12.7 Å². The van der Waals surface area contributed by atoms with Gasteiger partial charge in [0, 0.05) is 0 Å². The van der Waals surface area contributed by atoms with E-state index in [4.69, 9.17) is 9.84 Å². The summed E-state index contributed by atoms with van der Waals surface area (Å²) in [6, 6.07) is 0. The molecule has 0 aliphatic heterocycles. The van der Waals surface area contributed by atoms with Gasteiger partial charge in [-0.1, -0.05) is 26.7 Å². The van der Waals surface area contributed by atoms with E-state index in [9.17, 15) is 0 Å². The van der Waals surface area contributed by atoms with Crippen molar-refractivity contribution in [1.82, 2.24) is 0 Å². The van der Waals surface area contributed by atoms with Crippen LogP contribution in [0.15, 0.2) is 0 Å². The van der Waals surface area contributed by atoms with Gasteiger partial charge in [0.25, 0.3) is 0 Å². The third-order valence-corrected chi connectivity index (χ3v) is 1.75. The van der Waals surface area contributed by atoms with Crippen molar-refractivity contribution >= 4 is 0 Å². The molecule has 13 heavy (non-hydrogen) atoms. The van der Waals surface area contributed by atoms with E-state index in [1.165, 1.54) is 32.7 Å². The third-order valence-electron chi connectivity index (χ3n) is 1.75. The van der Waals surface area contributed by atoms with Gasteiger partial charge in [0.2, 0.25) is 0 Å². The molecular formula is C10H25NO2. The Bertz CT molecular complexity index is 73.3. The Morgan fingerprint density at radius 2 is 1.69 bits per heavy atom. The summed E-state index contributed by atoms with van der Waals surface area (Å²) in [4.78, 5) is 0. The zero-order valence-corrected chi connectivity index (χ0v) is 9.25. The lowest BCUT2D eigenvalue weighted by Gasteiger charge is -2.07. The monoisotopic (exact) mass is 191 g/mol. The Kier molecular flexibility index (Phi) is 17.0. The van der Waals surface area contributed by atoms with Crippen LogP contribution in [0.4, 0.5) is 0 Å². The average molecular weight is 191 g/mol. The minimum atomic E-state index is 0.163. The van der Waals surface area contributed by atoms with Crippen LogP contribution in [-0.4, -0.2) is 31.5 Å². The molecule has 1 fully saturated rings. The molecule has 1 aliphatic rings. The Hall–Kier alpha value is -0.120. The lowest BCUT2D eigenvalue weighted by Crippen LogP contribution is -2.10. The minimum absolute atomic E-state index is 0.163. The van der Waals surface area contributed by atoms with E-state index in [1.807, 2.05) is 13.8 Å². The second-order valence-corrected chi connectivity index (χ2v) is 2.50. The molecule has 0 saturated heterocycles. The highest BCUT2D eigenvalue weighted by atomic mass is 16.5. The zero-order chi connectivity index (χ0) is 10.5. The van der Waals surface area contributed by atoms with E-state index >= 15 is 0 Å². The lowest BCUT2D eigenvalue weighted by atomic mass is 10.3. The number of ether oxygens (including phenoxy) is 1. The van der Waals surface area contributed by atoms with Crippen LogP contribution in [0.3, 0.4) is 0 Å². The van der Waals surface area contributed by atoms with Gasteiger partial charge in [-0.3, -0.25) is 0 Å². The first-order valence-electron chi connectivity index (χ1n) is 5.23. The van der Waals surface area contributed by atoms with Crippen LogP contribution in [0.1, 0.15) is 39.5 Å². The number of aliphatic hydroxyl groups excluding tert-OH is 1. The highest BCUT2D eigenvalue weighted by Gasteiger charge is 2.14. The Morgan fingerprint density at radius 3 is 2.08 bits per heavy atom. The summed E-state index contributed by atoms with van der Waals surface area (Å²) in [7, 11) is 1.50. The average Bonchev–Trinajstić information content (AvgIpc) is 2.73. The van der Waals surface area contributed by atoms with Crippen molar-refractivity contribution in [2.75, 3.05) is 20.3 Å². The van der Waals surface area contributed by atoms with Crippen LogP contribution >= 0.6 is 0 Å². The molecule has 0 heterocycles. The molecule has 0 aromatic rings. The summed E-state index contributed by atoms with van der Waals surface area (Å²) in [6.07, 6.45) is 5.45. The number of rotatable bonds is 3. The topological polar surface area (TPSA) is 55.5 Å². The number of hydrogen-bond donors (Lipinski definition) is 2. The van der Waals surface area contributed by atoms with Gasteiger partial charge in [0.05, 0.1) is 19.3 Å². The fourth-order valence-corrected chi connectivity index (χ4v) is 1.27. The molecule has 1 saturated carbocycles.